The number of morpholine rings is 1. The Morgan fingerprint density at radius 1 is 1.16 bits per heavy atom. The molecule has 32 heavy (non-hydrogen) atoms. The normalized spacial score (nSPS) is 22.9. The van der Waals surface area contributed by atoms with E-state index in [1.54, 1.807) is 0 Å². The maximum atomic E-state index is 11.8. The molecule has 2 fully saturated rings. The number of piperidine rings is 1. The number of ether oxygens (including phenoxy) is 2. The van der Waals surface area contributed by atoms with Gasteiger partial charge in [0.2, 0.25) is 0 Å². The lowest BCUT2D eigenvalue weighted by Crippen LogP contribution is -2.46. The molecule has 3 rings (SSSR count). The van der Waals surface area contributed by atoms with Crippen LogP contribution in [-0.4, -0.2) is 73.8 Å². The van der Waals surface area contributed by atoms with E-state index in [2.05, 4.69) is 60.2 Å². The van der Waals surface area contributed by atoms with Crippen molar-refractivity contribution in [1.29, 1.82) is 0 Å². The topological polar surface area (TPSA) is 66.4 Å². The number of carbonyl (C=O) groups excluding carboxylic acids is 1. The van der Waals surface area contributed by atoms with E-state index in [9.17, 15) is 4.79 Å². The summed E-state index contributed by atoms with van der Waals surface area (Å²) in [4.78, 5) is 21.5. The minimum atomic E-state index is -0.0951. The maximum absolute atomic E-state index is 11.8. The third kappa shape index (κ3) is 7.59. The molecule has 2 heterocycles. The summed E-state index contributed by atoms with van der Waals surface area (Å²) in [5, 5.41) is 3.43. The van der Waals surface area contributed by atoms with Crippen LogP contribution in [0.3, 0.4) is 0 Å². The molecule has 2 saturated heterocycles. The number of hydrogen-bond acceptors (Lipinski definition) is 5. The van der Waals surface area contributed by atoms with Gasteiger partial charge in [0.1, 0.15) is 0 Å². The first-order chi connectivity index (χ1) is 15.0. The van der Waals surface area contributed by atoms with Crippen LogP contribution >= 0.6 is 24.0 Å². The van der Waals surface area contributed by atoms with Gasteiger partial charge >= 0.3 is 5.97 Å². The molecule has 0 aliphatic carbocycles. The Morgan fingerprint density at radius 2 is 1.78 bits per heavy atom. The molecule has 1 N–H and O–H groups in total. The van der Waals surface area contributed by atoms with Gasteiger partial charge in [0.05, 0.1) is 31.8 Å². The SMILES string of the molecule is CCNC(=NCc1ccccc1CN1CC(C)OC(C)C1)N1CCC(C(=O)OC)CC1.I. The minimum Gasteiger partial charge on any atom is -0.469 e. The van der Waals surface area contributed by atoms with Crippen LogP contribution in [0.4, 0.5) is 0 Å². The number of aliphatic imine (C=N–C) groups is 1. The fourth-order valence-corrected chi connectivity index (χ4v) is 4.60. The lowest BCUT2D eigenvalue weighted by Gasteiger charge is -2.35. The van der Waals surface area contributed by atoms with Crippen LogP contribution in [-0.2, 0) is 27.4 Å². The van der Waals surface area contributed by atoms with Gasteiger partial charge in [-0.1, -0.05) is 24.3 Å². The van der Waals surface area contributed by atoms with E-state index in [0.29, 0.717) is 6.54 Å². The van der Waals surface area contributed by atoms with Crippen LogP contribution in [0, 0.1) is 5.92 Å². The molecule has 2 atom stereocenters. The second kappa shape index (κ2) is 13.3. The maximum Gasteiger partial charge on any atom is 0.308 e. The van der Waals surface area contributed by atoms with Crippen LogP contribution in [0.5, 0.6) is 0 Å². The average Bonchev–Trinajstić information content (AvgIpc) is 2.76. The number of benzene rings is 1. The van der Waals surface area contributed by atoms with Crippen LogP contribution in [0.25, 0.3) is 0 Å². The van der Waals surface area contributed by atoms with Crippen LogP contribution < -0.4 is 5.32 Å². The van der Waals surface area contributed by atoms with Gasteiger partial charge in [-0.2, -0.15) is 0 Å². The highest BCUT2D eigenvalue weighted by Gasteiger charge is 2.27. The lowest BCUT2D eigenvalue weighted by atomic mass is 9.97. The summed E-state index contributed by atoms with van der Waals surface area (Å²) < 4.78 is 10.8. The summed E-state index contributed by atoms with van der Waals surface area (Å²) in [5.41, 5.74) is 2.59. The second-order valence-corrected chi connectivity index (χ2v) is 8.67. The molecule has 0 spiro atoms. The molecule has 0 radical (unpaired) electrons. The quantitative estimate of drug-likeness (QED) is 0.250. The van der Waals surface area contributed by atoms with Crippen molar-refractivity contribution in [3.8, 4) is 0 Å². The highest BCUT2D eigenvalue weighted by atomic mass is 127. The average molecular weight is 559 g/mol. The van der Waals surface area contributed by atoms with E-state index in [4.69, 9.17) is 14.5 Å². The molecule has 2 aliphatic heterocycles. The van der Waals surface area contributed by atoms with Crippen molar-refractivity contribution in [1.82, 2.24) is 15.1 Å². The predicted molar refractivity (Wildman–Crippen MR) is 138 cm³/mol. The third-order valence-corrected chi connectivity index (χ3v) is 6.07. The standard InChI is InChI=1S/C24H38N4O3.HI/c1-5-25-24(28-12-10-20(11-13-28)23(29)30-4)26-14-21-8-6-7-9-22(21)17-27-15-18(2)31-19(3)16-27;/h6-9,18-20H,5,10-17H2,1-4H3,(H,25,26);1H. The molecule has 0 aromatic heterocycles. The summed E-state index contributed by atoms with van der Waals surface area (Å²) >= 11 is 0. The van der Waals surface area contributed by atoms with E-state index in [1.807, 2.05) is 0 Å². The molecular formula is C24H39IN4O3. The van der Waals surface area contributed by atoms with Crippen LogP contribution in [0.1, 0.15) is 44.7 Å². The number of esters is 1. The Kier molecular flexibility index (Phi) is 11.2. The molecule has 0 saturated carbocycles. The zero-order valence-electron chi connectivity index (χ0n) is 19.9. The van der Waals surface area contributed by atoms with E-state index < -0.39 is 0 Å². The summed E-state index contributed by atoms with van der Waals surface area (Å²) in [6.07, 6.45) is 2.15. The first kappa shape index (κ1) is 26.9. The molecule has 180 valence electrons. The fourth-order valence-electron chi connectivity index (χ4n) is 4.60. The number of hydrogen-bond donors (Lipinski definition) is 1. The summed E-state index contributed by atoms with van der Waals surface area (Å²) in [5.74, 6) is 0.833. The van der Waals surface area contributed by atoms with Gasteiger partial charge in [-0.15, -0.1) is 24.0 Å². The van der Waals surface area contributed by atoms with E-state index in [-0.39, 0.29) is 48.1 Å². The Labute approximate surface area is 209 Å². The minimum absolute atomic E-state index is 0. The lowest BCUT2D eigenvalue weighted by molar-refractivity contribution is -0.146. The van der Waals surface area contributed by atoms with E-state index in [0.717, 1.165) is 58.1 Å². The van der Waals surface area contributed by atoms with Crippen molar-refractivity contribution in [2.75, 3.05) is 39.8 Å². The molecule has 2 aliphatic rings. The highest BCUT2D eigenvalue weighted by Crippen LogP contribution is 2.20. The number of likely N-dealkylation sites (tertiary alicyclic amines) is 1. The van der Waals surface area contributed by atoms with Crippen molar-refractivity contribution in [3.63, 3.8) is 0 Å². The monoisotopic (exact) mass is 558 g/mol. The van der Waals surface area contributed by atoms with Gasteiger partial charge in [0, 0.05) is 39.3 Å². The highest BCUT2D eigenvalue weighted by molar-refractivity contribution is 14.0. The Hall–Kier alpha value is -1.39. The molecule has 1 aromatic rings. The number of guanidine groups is 1. The van der Waals surface area contributed by atoms with Crippen molar-refractivity contribution in [2.45, 2.75) is 58.9 Å². The predicted octanol–water partition coefficient (Wildman–Crippen LogP) is 3.26. The van der Waals surface area contributed by atoms with Gasteiger partial charge in [-0.25, -0.2) is 4.99 Å². The zero-order valence-corrected chi connectivity index (χ0v) is 22.2. The van der Waals surface area contributed by atoms with Gasteiger partial charge in [0.15, 0.2) is 5.96 Å². The van der Waals surface area contributed by atoms with Crippen molar-refractivity contribution >= 4 is 35.9 Å². The van der Waals surface area contributed by atoms with E-state index in [1.165, 1.54) is 18.2 Å². The molecule has 8 heteroatoms. The van der Waals surface area contributed by atoms with Crippen molar-refractivity contribution in [2.24, 2.45) is 10.9 Å². The molecule has 2 unspecified atom stereocenters. The molecule has 7 nitrogen and oxygen atoms in total. The Balaban J connectivity index is 0.00000363. The summed E-state index contributed by atoms with van der Waals surface area (Å²) in [6.45, 7) is 12.3. The van der Waals surface area contributed by atoms with Crippen molar-refractivity contribution in [3.05, 3.63) is 35.4 Å². The number of carbonyl (C=O) groups is 1. The number of halogens is 1. The molecule has 0 amide bonds. The Morgan fingerprint density at radius 3 is 2.38 bits per heavy atom. The number of nitrogens with zero attached hydrogens (tertiary/aromatic N) is 3. The third-order valence-electron chi connectivity index (χ3n) is 6.07. The molecule has 1 aromatic carbocycles. The van der Waals surface area contributed by atoms with Gasteiger partial charge in [-0.3, -0.25) is 9.69 Å². The fraction of sp³-hybridized carbons (Fsp3) is 0.667. The number of nitrogens with one attached hydrogen (secondary N) is 1. The summed E-state index contributed by atoms with van der Waals surface area (Å²) in [7, 11) is 1.47. The first-order valence-corrected chi connectivity index (χ1v) is 11.6. The second-order valence-electron chi connectivity index (χ2n) is 8.67. The first-order valence-electron chi connectivity index (χ1n) is 11.6. The largest absolute Gasteiger partial charge is 0.469 e. The number of rotatable bonds is 6. The smallest absolute Gasteiger partial charge is 0.308 e. The summed E-state index contributed by atoms with van der Waals surface area (Å²) in [6, 6.07) is 8.59. The van der Waals surface area contributed by atoms with Gasteiger partial charge in [0.25, 0.3) is 0 Å². The van der Waals surface area contributed by atoms with E-state index >= 15 is 0 Å². The molecular weight excluding hydrogens is 519 g/mol. The Bertz CT molecular complexity index is 743. The van der Waals surface area contributed by atoms with Crippen LogP contribution in [0.2, 0.25) is 0 Å². The molecule has 0 bridgehead atoms. The van der Waals surface area contributed by atoms with Gasteiger partial charge in [-0.05, 0) is 44.7 Å². The number of methoxy groups -OCH3 is 1. The van der Waals surface area contributed by atoms with Crippen LogP contribution in [0.15, 0.2) is 29.3 Å². The zero-order chi connectivity index (χ0) is 22.2. The van der Waals surface area contributed by atoms with Gasteiger partial charge < -0.3 is 19.7 Å². The van der Waals surface area contributed by atoms with Crippen molar-refractivity contribution < 1.29 is 14.3 Å².